The zero-order valence-electron chi connectivity index (χ0n) is 17.3. The minimum Gasteiger partial charge on any atom is -0.481 e. The van der Waals surface area contributed by atoms with Crippen LogP contribution in [-0.4, -0.2) is 37.3 Å². The number of nitrogens with two attached hydrogens (primary N) is 1. The summed E-state index contributed by atoms with van der Waals surface area (Å²) in [6.45, 7) is 0. The van der Waals surface area contributed by atoms with Crippen molar-refractivity contribution < 1.29 is 19.0 Å². The van der Waals surface area contributed by atoms with Crippen LogP contribution in [0.25, 0.3) is 22.4 Å². The summed E-state index contributed by atoms with van der Waals surface area (Å²) in [4.78, 5) is 19.1. The second kappa shape index (κ2) is 10.7. The number of aromatic nitrogens is 4. The number of hydrogen-bond donors (Lipinski definition) is 3. The van der Waals surface area contributed by atoms with Gasteiger partial charge in [-0.1, -0.05) is 12.1 Å². The lowest BCUT2D eigenvalue weighted by Gasteiger charge is -2.10. The van der Waals surface area contributed by atoms with Gasteiger partial charge in [-0.15, -0.1) is 12.4 Å². The van der Waals surface area contributed by atoms with Crippen LogP contribution in [0.3, 0.4) is 0 Å². The molecule has 1 unspecified atom stereocenters. The molecule has 0 amide bonds. The van der Waals surface area contributed by atoms with Crippen molar-refractivity contribution in [1.82, 2.24) is 20.2 Å². The molecule has 0 aliphatic carbocycles. The Bertz CT molecular complexity index is 1220. The third-order valence-electron chi connectivity index (χ3n) is 4.75. The minimum absolute atomic E-state index is 0. The van der Waals surface area contributed by atoms with E-state index in [9.17, 15) is 9.18 Å². The van der Waals surface area contributed by atoms with Crippen LogP contribution in [0.2, 0.25) is 0 Å². The fraction of sp³-hybridized carbons (Fsp3) is 0.130. The third-order valence-corrected chi connectivity index (χ3v) is 4.75. The molecule has 1 atom stereocenters. The number of carboxylic acid groups (broad SMARTS) is 1. The van der Waals surface area contributed by atoms with Gasteiger partial charge in [0.25, 0.3) is 5.88 Å². The molecule has 0 bridgehead atoms. The lowest BCUT2D eigenvalue weighted by atomic mass is 10.0. The molecule has 0 aliphatic rings. The fourth-order valence-corrected chi connectivity index (χ4v) is 3.23. The van der Waals surface area contributed by atoms with E-state index in [2.05, 4.69) is 20.2 Å². The molecule has 0 aliphatic heterocycles. The number of aliphatic carboxylic acids is 1. The molecule has 3 aromatic heterocycles. The summed E-state index contributed by atoms with van der Waals surface area (Å²) < 4.78 is 20.0. The molecule has 0 fully saturated rings. The van der Waals surface area contributed by atoms with Gasteiger partial charge >= 0.3 is 5.97 Å². The molecule has 0 spiro atoms. The van der Waals surface area contributed by atoms with Gasteiger partial charge in [0.05, 0.1) is 12.1 Å². The number of aromatic amines is 1. The van der Waals surface area contributed by atoms with E-state index >= 15 is 0 Å². The fourth-order valence-electron chi connectivity index (χ4n) is 3.23. The highest BCUT2D eigenvalue weighted by molar-refractivity contribution is 5.85. The van der Waals surface area contributed by atoms with Crippen molar-refractivity contribution in [2.75, 3.05) is 0 Å². The Hall–Kier alpha value is -3.82. The lowest BCUT2D eigenvalue weighted by molar-refractivity contribution is -0.137. The molecule has 1 aromatic carbocycles. The van der Waals surface area contributed by atoms with E-state index < -0.39 is 17.8 Å². The Morgan fingerprint density at radius 2 is 1.85 bits per heavy atom. The van der Waals surface area contributed by atoms with Crippen LogP contribution in [0.1, 0.15) is 12.1 Å². The molecular formula is C23H21ClFN5O3. The van der Waals surface area contributed by atoms with Crippen molar-refractivity contribution in [1.29, 1.82) is 0 Å². The number of H-pyrrole nitrogens is 1. The van der Waals surface area contributed by atoms with Gasteiger partial charge in [0.2, 0.25) is 0 Å². The van der Waals surface area contributed by atoms with Gasteiger partial charge in [0, 0.05) is 42.3 Å². The predicted octanol–water partition coefficient (Wildman–Crippen LogP) is 4.23. The maximum atomic E-state index is 14.4. The molecule has 4 aromatic rings. The van der Waals surface area contributed by atoms with Crippen LogP contribution in [0.5, 0.6) is 11.6 Å². The predicted molar refractivity (Wildman–Crippen MR) is 123 cm³/mol. The normalized spacial score (nSPS) is 11.5. The largest absolute Gasteiger partial charge is 0.481 e. The van der Waals surface area contributed by atoms with E-state index in [-0.39, 0.29) is 24.7 Å². The Kier molecular flexibility index (Phi) is 7.70. The number of benzene rings is 1. The third kappa shape index (κ3) is 6.12. The van der Waals surface area contributed by atoms with Gasteiger partial charge in [0.1, 0.15) is 5.75 Å². The molecular weight excluding hydrogens is 449 g/mol. The molecule has 4 N–H and O–H groups in total. The number of rotatable bonds is 8. The van der Waals surface area contributed by atoms with Crippen molar-refractivity contribution in [3.8, 4) is 34.0 Å². The minimum atomic E-state index is -0.939. The number of carboxylic acids is 1. The molecule has 0 radical (unpaired) electrons. The van der Waals surface area contributed by atoms with Gasteiger partial charge in [0.15, 0.2) is 5.82 Å². The van der Waals surface area contributed by atoms with Crippen molar-refractivity contribution >= 4 is 18.4 Å². The average molecular weight is 470 g/mol. The first kappa shape index (κ1) is 23.8. The summed E-state index contributed by atoms with van der Waals surface area (Å²) in [5.74, 6) is -1.21. The van der Waals surface area contributed by atoms with Gasteiger partial charge in [-0.05, 0) is 47.5 Å². The van der Waals surface area contributed by atoms with Crippen LogP contribution in [0, 0.1) is 5.82 Å². The average Bonchev–Trinajstić information content (AvgIpc) is 3.30. The number of pyridine rings is 2. The zero-order chi connectivity index (χ0) is 22.5. The number of hydrogen-bond acceptors (Lipinski definition) is 6. The number of ether oxygens (including phenoxy) is 1. The number of halogens is 2. The van der Waals surface area contributed by atoms with Crippen molar-refractivity contribution in [2.45, 2.75) is 18.9 Å². The molecule has 33 heavy (non-hydrogen) atoms. The molecule has 10 heteroatoms. The first-order chi connectivity index (χ1) is 15.5. The van der Waals surface area contributed by atoms with E-state index in [0.29, 0.717) is 29.1 Å². The highest BCUT2D eigenvalue weighted by Crippen LogP contribution is 2.28. The van der Waals surface area contributed by atoms with Crippen LogP contribution < -0.4 is 10.5 Å². The number of nitrogens with zero attached hydrogens (tertiary/aromatic N) is 3. The van der Waals surface area contributed by atoms with Crippen molar-refractivity contribution in [3.63, 3.8) is 0 Å². The zero-order valence-corrected chi connectivity index (χ0v) is 18.1. The SMILES string of the molecule is Cl.NC(CC(=O)O)Cc1cc(-c2ccc(Oc3ncc(-c4ccn[nH]4)cc3F)cc2)ccn1. The van der Waals surface area contributed by atoms with E-state index in [1.54, 1.807) is 30.6 Å². The quantitative estimate of drug-likeness (QED) is 0.352. The van der Waals surface area contributed by atoms with E-state index in [1.165, 1.54) is 12.3 Å². The van der Waals surface area contributed by atoms with Gasteiger partial charge in [-0.25, -0.2) is 9.37 Å². The number of carbonyl (C=O) groups is 1. The summed E-state index contributed by atoms with van der Waals surface area (Å²) in [5.41, 5.74) is 9.60. The second-order valence-corrected chi connectivity index (χ2v) is 7.21. The summed E-state index contributed by atoms with van der Waals surface area (Å²) in [6.07, 6.45) is 4.98. The summed E-state index contributed by atoms with van der Waals surface area (Å²) in [6, 6.07) is 13.4. The second-order valence-electron chi connectivity index (χ2n) is 7.21. The maximum absolute atomic E-state index is 14.4. The first-order valence-corrected chi connectivity index (χ1v) is 9.84. The molecule has 0 saturated carbocycles. The molecule has 8 nitrogen and oxygen atoms in total. The first-order valence-electron chi connectivity index (χ1n) is 9.84. The van der Waals surface area contributed by atoms with Crippen molar-refractivity contribution in [3.05, 3.63) is 78.6 Å². The molecule has 170 valence electrons. The monoisotopic (exact) mass is 469 g/mol. The van der Waals surface area contributed by atoms with Crippen LogP contribution in [0.4, 0.5) is 4.39 Å². The van der Waals surface area contributed by atoms with Crippen LogP contribution in [0.15, 0.2) is 67.1 Å². The standard InChI is InChI=1S/C23H20FN5O3.ClH/c24-20-10-16(21-6-8-28-29-21)13-27-23(20)32-19-3-1-14(2-4-19)15-5-7-26-18(9-15)11-17(25)12-22(30)31;/h1-10,13,17H,11-12,25H2,(H,28,29)(H,30,31);1H. The van der Waals surface area contributed by atoms with E-state index in [1.807, 2.05) is 24.3 Å². The molecule has 0 saturated heterocycles. The topological polar surface area (TPSA) is 127 Å². The smallest absolute Gasteiger partial charge is 0.304 e. The van der Waals surface area contributed by atoms with Gasteiger partial charge < -0.3 is 15.6 Å². The lowest BCUT2D eigenvalue weighted by Crippen LogP contribution is -2.26. The summed E-state index contributed by atoms with van der Waals surface area (Å²) >= 11 is 0. The Labute approximate surface area is 195 Å². The van der Waals surface area contributed by atoms with Crippen molar-refractivity contribution in [2.24, 2.45) is 5.73 Å². The summed E-state index contributed by atoms with van der Waals surface area (Å²) in [5, 5.41) is 15.5. The van der Waals surface area contributed by atoms with E-state index in [4.69, 9.17) is 15.6 Å². The number of nitrogens with one attached hydrogen (secondary N) is 1. The highest BCUT2D eigenvalue weighted by Gasteiger charge is 2.12. The Morgan fingerprint density at radius 3 is 2.52 bits per heavy atom. The van der Waals surface area contributed by atoms with Gasteiger partial charge in [-0.3, -0.25) is 14.9 Å². The van der Waals surface area contributed by atoms with Crippen LogP contribution in [-0.2, 0) is 11.2 Å². The highest BCUT2D eigenvalue weighted by atomic mass is 35.5. The Morgan fingerprint density at radius 1 is 1.06 bits per heavy atom. The molecule has 4 rings (SSSR count). The Balaban J connectivity index is 0.00000306. The maximum Gasteiger partial charge on any atom is 0.304 e. The molecule has 3 heterocycles. The van der Waals surface area contributed by atoms with Gasteiger partial charge in [-0.2, -0.15) is 5.10 Å². The van der Waals surface area contributed by atoms with Crippen LogP contribution >= 0.6 is 12.4 Å². The van der Waals surface area contributed by atoms with E-state index in [0.717, 1.165) is 11.1 Å². The summed E-state index contributed by atoms with van der Waals surface area (Å²) in [7, 11) is 0.